The number of thiazole rings is 1. The lowest BCUT2D eigenvalue weighted by molar-refractivity contribution is -0.116. The first-order valence-corrected chi connectivity index (χ1v) is 11.2. The molecule has 0 radical (unpaired) electrons. The van der Waals surface area contributed by atoms with E-state index in [9.17, 15) is 4.79 Å². The molecule has 4 rings (SSSR count). The molecule has 2 aromatic carbocycles. The first-order valence-electron chi connectivity index (χ1n) is 10.3. The summed E-state index contributed by atoms with van der Waals surface area (Å²) in [5.74, 6) is 0.570. The van der Waals surface area contributed by atoms with E-state index in [-0.39, 0.29) is 5.91 Å². The maximum atomic E-state index is 12.3. The topological polar surface area (TPSA) is 69.0 Å². The third-order valence-corrected chi connectivity index (χ3v) is 5.57. The number of aryl methyl sites for hydroxylation is 1. The number of hydrogen-bond acceptors (Lipinski definition) is 5. The summed E-state index contributed by atoms with van der Waals surface area (Å²) < 4.78 is 7.73. The molecule has 6 nitrogen and oxygen atoms in total. The second kappa shape index (κ2) is 10.5. The highest BCUT2D eigenvalue weighted by Crippen LogP contribution is 2.21. The van der Waals surface area contributed by atoms with Gasteiger partial charge in [0.15, 0.2) is 0 Å². The molecule has 7 heteroatoms. The van der Waals surface area contributed by atoms with Crippen molar-refractivity contribution in [3.05, 3.63) is 100 Å². The highest BCUT2D eigenvalue weighted by molar-refractivity contribution is 7.09. The molecule has 4 aromatic rings. The van der Waals surface area contributed by atoms with Gasteiger partial charge in [0.1, 0.15) is 12.4 Å². The van der Waals surface area contributed by atoms with Crippen LogP contribution in [0.4, 0.5) is 0 Å². The summed E-state index contributed by atoms with van der Waals surface area (Å²) in [6.45, 7) is 2.90. The lowest BCUT2D eigenvalue weighted by atomic mass is 10.2. The Kier molecular flexibility index (Phi) is 7.09. The van der Waals surface area contributed by atoms with Crippen LogP contribution in [-0.4, -0.2) is 27.2 Å². The quantitative estimate of drug-likeness (QED) is 0.384. The summed E-state index contributed by atoms with van der Waals surface area (Å²) in [5, 5.41) is 10.3. The number of carbonyl (C=O) groups excluding carboxylic acids is 1. The Labute approximate surface area is 191 Å². The zero-order valence-electron chi connectivity index (χ0n) is 17.8. The molecule has 2 heterocycles. The van der Waals surface area contributed by atoms with Gasteiger partial charge in [0.25, 0.3) is 0 Å². The number of carbonyl (C=O) groups is 1. The number of nitrogens with one attached hydrogen (secondary N) is 1. The lowest BCUT2D eigenvalue weighted by Crippen LogP contribution is -2.23. The lowest BCUT2D eigenvalue weighted by Gasteiger charge is -2.07. The second-order valence-electron chi connectivity index (χ2n) is 7.19. The van der Waals surface area contributed by atoms with Crippen molar-refractivity contribution in [1.29, 1.82) is 0 Å². The minimum absolute atomic E-state index is 0.148. The molecule has 0 aliphatic carbocycles. The van der Waals surface area contributed by atoms with Gasteiger partial charge < -0.3 is 10.1 Å². The van der Waals surface area contributed by atoms with E-state index in [1.54, 1.807) is 17.4 Å². The zero-order valence-corrected chi connectivity index (χ0v) is 18.6. The van der Waals surface area contributed by atoms with E-state index in [0.717, 1.165) is 33.3 Å². The van der Waals surface area contributed by atoms with Gasteiger partial charge in [0, 0.05) is 29.8 Å². The van der Waals surface area contributed by atoms with E-state index in [1.807, 2.05) is 84.0 Å². The maximum Gasteiger partial charge on any atom is 0.244 e. The van der Waals surface area contributed by atoms with Crippen LogP contribution in [0.3, 0.4) is 0 Å². The number of rotatable bonds is 9. The molecule has 0 atom stereocenters. The third kappa shape index (κ3) is 5.92. The Morgan fingerprint density at radius 3 is 2.78 bits per heavy atom. The maximum absolute atomic E-state index is 12.3. The summed E-state index contributed by atoms with van der Waals surface area (Å²) in [6, 6.07) is 17.6. The summed E-state index contributed by atoms with van der Waals surface area (Å²) >= 11 is 1.60. The normalized spacial score (nSPS) is 11.0. The Morgan fingerprint density at radius 2 is 1.97 bits per heavy atom. The van der Waals surface area contributed by atoms with Gasteiger partial charge in [-0.15, -0.1) is 11.3 Å². The number of amides is 1. The molecule has 0 spiro atoms. The number of ether oxygens (including phenoxy) is 1. The summed E-state index contributed by atoms with van der Waals surface area (Å²) in [5.41, 5.74) is 3.82. The zero-order chi connectivity index (χ0) is 22.2. The van der Waals surface area contributed by atoms with Gasteiger partial charge in [-0.3, -0.25) is 4.79 Å². The van der Waals surface area contributed by atoms with Crippen LogP contribution in [0.25, 0.3) is 11.8 Å². The molecule has 162 valence electrons. The first-order chi connectivity index (χ1) is 15.7. The molecule has 0 bridgehead atoms. The van der Waals surface area contributed by atoms with Crippen molar-refractivity contribution in [1.82, 2.24) is 20.1 Å². The van der Waals surface area contributed by atoms with Gasteiger partial charge in [-0.05, 0) is 43.2 Å². The summed E-state index contributed by atoms with van der Waals surface area (Å²) in [4.78, 5) is 16.7. The van der Waals surface area contributed by atoms with Gasteiger partial charge in [0.2, 0.25) is 5.91 Å². The van der Waals surface area contributed by atoms with Crippen molar-refractivity contribution in [2.45, 2.75) is 20.0 Å². The Hall–Kier alpha value is -3.71. The number of para-hydroxylation sites is 2. The monoisotopic (exact) mass is 444 g/mol. The van der Waals surface area contributed by atoms with Gasteiger partial charge in [-0.2, -0.15) is 5.10 Å². The molecule has 2 aromatic heterocycles. The molecule has 1 amide bonds. The molecule has 0 unspecified atom stereocenters. The SMILES string of the molecule is Cc1nc(COc2ccccc2C=CC(=O)NCCc2cnn(-c3ccccc3)c2)cs1. The van der Waals surface area contributed by atoms with Crippen molar-refractivity contribution in [2.75, 3.05) is 6.54 Å². The summed E-state index contributed by atoms with van der Waals surface area (Å²) in [7, 11) is 0. The smallest absolute Gasteiger partial charge is 0.244 e. The van der Waals surface area contributed by atoms with E-state index in [2.05, 4.69) is 15.4 Å². The van der Waals surface area contributed by atoms with E-state index in [0.29, 0.717) is 19.6 Å². The fourth-order valence-electron chi connectivity index (χ4n) is 3.14. The molecule has 1 N–H and O–H groups in total. The van der Waals surface area contributed by atoms with Gasteiger partial charge in [0.05, 0.1) is 22.6 Å². The first kappa shape index (κ1) is 21.5. The fourth-order valence-corrected chi connectivity index (χ4v) is 3.74. The van der Waals surface area contributed by atoms with Gasteiger partial charge in [-0.1, -0.05) is 36.4 Å². The minimum atomic E-state index is -0.148. The Morgan fingerprint density at radius 1 is 1.16 bits per heavy atom. The fraction of sp³-hybridized carbons (Fsp3) is 0.160. The van der Waals surface area contributed by atoms with Crippen LogP contribution in [0.15, 0.2) is 78.4 Å². The third-order valence-electron chi connectivity index (χ3n) is 4.75. The van der Waals surface area contributed by atoms with Crippen LogP contribution in [0.2, 0.25) is 0 Å². The van der Waals surface area contributed by atoms with Crippen LogP contribution in [0, 0.1) is 6.92 Å². The van der Waals surface area contributed by atoms with Gasteiger partial charge in [-0.25, -0.2) is 9.67 Å². The predicted molar refractivity (Wildman–Crippen MR) is 127 cm³/mol. The standard InChI is InChI=1S/C25H24N4O2S/c1-19-28-22(18-32-19)17-31-24-10-6-5-7-21(24)11-12-25(30)26-14-13-20-15-27-29(16-20)23-8-3-2-4-9-23/h2-12,15-16,18H,13-14,17H2,1H3,(H,26,30). The van der Waals surface area contributed by atoms with Crippen molar-refractivity contribution >= 4 is 23.3 Å². The van der Waals surface area contributed by atoms with E-state index in [4.69, 9.17) is 4.74 Å². The molecule has 0 aliphatic heterocycles. The number of nitrogens with zero attached hydrogens (tertiary/aromatic N) is 3. The molecular formula is C25H24N4O2S. The number of hydrogen-bond donors (Lipinski definition) is 1. The summed E-state index contributed by atoms with van der Waals surface area (Å²) in [6.07, 6.45) is 7.81. The molecule has 0 saturated heterocycles. The van der Waals surface area contributed by atoms with Crippen LogP contribution in [-0.2, 0) is 17.8 Å². The molecule has 32 heavy (non-hydrogen) atoms. The largest absolute Gasteiger partial charge is 0.487 e. The van der Waals surface area contributed by atoms with Crippen molar-refractivity contribution in [3.8, 4) is 11.4 Å². The van der Waals surface area contributed by atoms with E-state index in [1.165, 1.54) is 6.08 Å². The minimum Gasteiger partial charge on any atom is -0.487 e. The van der Waals surface area contributed by atoms with Crippen molar-refractivity contribution in [2.24, 2.45) is 0 Å². The predicted octanol–water partition coefficient (Wildman–Crippen LogP) is 4.59. The number of benzene rings is 2. The highest BCUT2D eigenvalue weighted by Gasteiger charge is 2.05. The van der Waals surface area contributed by atoms with Crippen LogP contribution >= 0.6 is 11.3 Å². The van der Waals surface area contributed by atoms with Crippen molar-refractivity contribution < 1.29 is 9.53 Å². The molecular weight excluding hydrogens is 420 g/mol. The molecule has 0 saturated carbocycles. The van der Waals surface area contributed by atoms with Crippen LogP contribution in [0.5, 0.6) is 5.75 Å². The molecule has 0 aliphatic rings. The van der Waals surface area contributed by atoms with E-state index < -0.39 is 0 Å². The molecule has 0 fully saturated rings. The highest BCUT2D eigenvalue weighted by atomic mass is 32.1. The van der Waals surface area contributed by atoms with E-state index >= 15 is 0 Å². The average molecular weight is 445 g/mol. The van der Waals surface area contributed by atoms with Crippen LogP contribution < -0.4 is 10.1 Å². The van der Waals surface area contributed by atoms with Gasteiger partial charge >= 0.3 is 0 Å². The van der Waals surface area contributed by atoms with Crippen molar-refractivity contribution in [3.63, 3.8) is 0 Å². The second-order valence-corrected chi connectivity index (χ2v) is 8.25. The Bertz CT molecular complexity index is 1200. The Balaban J connectivity index is 1.27. The average Bonchev–Trinajstić information content (AvgIpc) is 3.46. The van der Waals surface area contributed by atoms with Crippen LogP contribution in [0.1, 0.15) is 21.8 Å². The number of aromatic nitrogens is 3.